The number of methoxy groups -OCH3 is 2. The highest BCUT2D eigenvalue weighted by atomic mass is 16.6. The van der Waals surface area contributed by atoms with Crippen LogP contribution in [-0.2, 0) is 100 Å². The summed E-state index contributed by atoms with van der Waals surface area (Å²) in [7, 11) is 3.24. The number of benzene rings is 2. The zero-order valence-corrected chi connectivity index (χ0v) is 44.8. The zero-order valence-electron chi connectivity index (χ0n) is 44.8. The van der Waals surface area contributed by atoms with Gasteiger partial charge in [-0.05, 0) is 68.1 Å². The molecule has 426 valence electrons. The van der Waals surface area contributed by atoms with Crippen molar-refractivity contribution < 1.29 is 80.8 Å². The fraction of sp³-hybridized carbons (Fsp3) is 0.685. The molecule has 21 heteroatoms. The van der Waals surface area contributed by atoms with Gasteiger partial charge in [0, 0.05) is 33.7 Å². The van der Waals surface area contributed by atoms with E-state index in [2.05, 4.69) is 45.5 Å². The number of ether oxygens (including phenoxy) is 12. The third-order valence-electron chi connectivity index (χ3n) is 10.8. The van der Waals surface area contributed by atoms with Crippen molar-refractivity contribution in [1.29, 1.82) is 0 Å². The van der Waals surface area contributed by atoms with Crippen molar-refractivity contribution >= 4 is 29.5 Å². The summed E-state index contributed by atoms with van der Waals surface area (Å²) in [5.74, 6) is -2.06. The summed E-state index contributed by atoms with van der Waals surface area (Å²) >= 11 is 0. The van der Waals surface area contributed by atoms with E-state index in [1.165, 1.54) is 11.1 Å². The number of hydrogen-bond acceptors (Lipinski definition) is 17. The van der Waals surface area contributed by atoms with Crippen LogP contribution >= 0.6 is 0 Å². The quantitative estimate of drug-likeness (QED) is 0.0696. The molecule has 0 bridgehead atoms. The fourth-order valence-corrected chi connectivity index (χ4v) is 6.79. The van der Waals surface area contributed by atoms with Crippen molar-refractivity contribution in [2.24, 2.45) is 0 Å². The Hall–Kier alpha value is -4.49. The molecule has 0 saturated heterocycles. The van der Waals surface area contributed by atoms with Crippen molar-refractivity contribution in [3.8, 4) is 0 Å². The van der Waals surface area contributed by atoms with E-state index < -0.39 is 29.7 Å². The van der Waals surface area contributed by atoms with E-state index in [-0.39, 0.29) is 71.2 Å². The molecule has 75 heavy (non-hydrogen) atoms. The van der Waals surface area contributed by atoms with Crippen LogP contribution in [-0.4, -0.2) is 208 Å². The smallest absolute Gasteiger partial charge is 0.246 e. The number of hydrogen-bond donors (Lipinski definition) is 4. The van der Waals surface area contributed by atoms with Crippen LogP contribution in [0.1, 0.15) is 61.6 Å². The Balaban J connectivity index is 1.64. The normalized spacial score (nSPS) is 11.6. The van der Waals surface area contributed by atoms with E-state index in [0.717, 1.165) is 31.2 Å². The molecule has 2 aromatic rings. The van der Waals surface area contributed by atoms with Crippen LogP contribution in [0.25, 0.3) is 0 Å². The zero-order chi connectivity index (χ0) is 53.9. The van der Waals surface area contributed by atoms with E-state index in [1.807, 2.05) is 30.3 Å². The molecule has 0 fully saturated rings. The van der Waals surface area contributed by atoms with Gasteiger partial charge in [-0.1, -0.05) is 54.6 Å². The lowest BCUT2D eigenvalue weighted by Gasteiger charge is -2.19. The maximum absolute atomic E-state index is 13.3. The summed E-state index contributed by atoms with van der Waals surface area (Å²) in [6.45, 7) is 8.33. The predicted molar refractivity (Wildman–Crippen MR) is 279 cm³/mol. The summed E-state index contributed by atoms with van der Waals surface area (Å²) in [5, 5.41) is 10.8. The molecule has 0 unspecified atom stereocenters. The fourth-order valence-electron chi connectivity index (χ4n) is 6.79. The molecule has 2 rings (SSSR count). The molecule has 0 aromatic heterocycles. The van der Waals surface area contributed by atoms with E-state index in [4.69, 9.17) is 56.8 Å². The molecule has 5 amide bonds. The number of amides is 5. The summed E-state index contributed by atoms with van der Waals surface area (Å²) in [6.07, 6.45) is 5.83. The number of aryl methyl sites for hydroxylation is 2. The van der Waals surface area contributed by atoms with Crippen molar-refractivity contribution in [3.05, 3.63) is 71.3 Å². The number of carbonyl (C=O) groups is 5. The van der Waals surface area contributed by atoms with Gasteiger partial charge < -0.3 is 72.8 Å². The third-order valence-corrected chi connectivity index (χ3v) is 10.8. The second-order valence-corrected chi connectivity index (χ2v) is 17.0. The van der Waals surface area contributed by atoms with Gasteiger partial charge in [0.15, 0.2) is 0 Å². The van der Waals surface area contributed by atoms with Crippen LogP contribution in [0.15, 0.2) is 54.6 Å². The highest BCUT2D eigenvalue weighted by molar-refractivity contribution is 5.96. The molecular weight excluding hydrogens is 977 g/mol. The van der Waals surface area contributed by atoms with Gasteiger partial charge >= 0.3 is 0 Å². The first-order valence-electron chi connectivity index (χ1n) is 26.3. The summed E-state index contributed by atoms with van der Waals surface area (Å²) in [5.41, 5.74) is 3.35. The van der Waals surface area contributed by atoms with E-state index in [0.29, 0.717) is 132 Å². The van der Waals surface area contributed by atoms with Crippen molar-refractivity contribution in [2.45, 2.75) is 70.3 Å². The average molecular weight is 1070 g/mol. The van der Waals surface area contributed by atoms with Crippen molar-refractivity contribution in [3.63, 3.8) is 0 Å². The van der Waals surface area contributed by atoms with Crippen LogP contribution in [0.5, 0.6) is 0 Å². The highest BCUT2D eigenvalue weighted by Gasteiger charge is 2.21. The largest absolute Gasteiger partial charge is 0.382 e. The Bertz CT molecular complexity index is 1710. The van der Waals surface area contributed by atoms with Crippen LogP contribution in [0.2, 0.25) is 0 Å². The van der Waals surface area contributed by atoms with E-state index >= 15 is 0 Å². The van der Waals surface area contributed by atoms with Gasteiger partial charge in [0.1, 0.15) is 19.3 Å². The van der Waals surface area contributed by atoms with E-state index in [9.17, 15) is 24.0 Å². The Labute approximate surface area is 444 Å². The minimum Gasteiger partial charge on any atom is -0.382 e. The summed E-state index contributed by atoms with van der Waals surface area (Å²) in [4.78, 5) is 63.7. The Morgan fingerprint density at radius 3 is 1.29 bits per heavy atom. The highest BCUT2D eigenvalue weighted by Crippen LogP contribution is 2.11. The minimum atomic E-state index is -0.896. The molecule has 0 spiro atoms. The van der Waals surface area contributed by atoms with Gasteiger partial charge in [0.25, 0.3) is 0 Å². The van der Waals surface area contributed by atoms with Gasteiger partial charge in [-0.2, -0.15) is 0 Å². The number of imide groups is 1. The second-order valence-electron chi connectivity index (χ2n) is 17.0. The first-order valence-corrected chi connectivity index (χ1v) is 26.3. The molecule has 0 radical (unpaired) electrons. The molecule has 4 N–H and O–H groups in total. The Kier molecular flexibility index (Phi) is 43.6. The molecular formula is C54H88N4O17. The molecule has 0 aliphatic carbocycles. The number of unbranched alkanes of at least 4 members (excludes halogenated alkanes) is 2. The van der Waals surface area contributed by atoms with Crippen LogP contribution < -0.4 is 21.3 Å². The SMILES string of the molecule is COCCOCCOCCOCCOCCOCC(=O)NCCCC[C@H](NC(=O)COCCOCCOCCOCCOCCOC)C(=O)NCCCC(=O)NC(=O)Cc1ccc(CCCCc2ccccc2)cc1. The lowest BCUT2D eigenvalue weighted by Crippen LogP contribution is -2.48. The monoisotopic (exact) mass is 1060 g/mol. The van der Waals surface area contributed by atoms with Crippen LogP contribution in [0.3, 0.4) is 0 Å². The third kappa shape index (κ3) is 41.4. The lowest BCUT2D eigenvalue weighted by atomic mass is 10.0. The Morgan fingerprint density at radius 2 is 0.813 bits per heavy atom. The molecule has 0 aliphatic rings. The number of rotatable bonds is 52. The van der Waals surface area contributed by atoms with Gasteiger partial charge in [0.05, 0.1) is 139 Å². The molecule has 0 aliphatic heterocycles. The first-order chi connectivity index (χ1) is 36.8. The molecule has 2 aromatic carbocycles. The van der Waals surface area contributed by atoms with Gasteiger partial charge in [-0.3, -0.25) is 29.3 Å². The van der Waals surface area contributed by atoms with Gasteiger partial charge in [-0.15, -0.1) is 0 Å². The lowest BCUT2D eigenvalue weighted by molar-refractivity contribution is -0.132. The van der Waals surface area contributed by atoms with E-state index in [1.54, 1.807) is 14.2 Å². The number of carbonyl (C=O) groups excluding carboxylic acids is 5. The first kappa shape index (κ1) is 66.6. The van der Waals surface area contributed by atoms with Crippen LogP contribution in [0, 0.1) is 0 Å². The maximum Gasteiger partial charge on any atom is 0.246 e. The predicted octanol–water partition coefficient (Wildman–Crippen LogP) is 2.56. The average Bonchev–Trinajstić information content (AvgIpc) is 3.41. The molecule has 1 atom stereocenters. The van der Waals surface area contributed by atoms with Gasteiger partial charge in [-0.25, -0.2) is 0 Å². The molecule has 0 saturated carbocycles. The van der Waals surface area contributed by atoms with Gasteiger partial charge in [0.2, 0.25) is 29.5 Å². The molecule has 0 heterocycles. The standard InChI is InChI=1S/C54H88N4O17/c1-64-23-25-66-27-29-68-31-33-70-35-37-72-39-41-74-44-52(61)55-21-9-8-15-49(57-53(62)45-75-42-40-73-38-36-71-34-32-69-30-28-67-26-24-65-2)54(63)56-22-10-16-50(59)58-51(60)43-48-19-17-47(18-20-48)14-7-6-13-46-11-4-3-5-12-46/h3-5,11-12,17-20,49H,6-10,13-16,21-45H2,1-2H3,(H,55,61)(H,56,63)(H,57,62)(H,58,59,60)/t49-/m0/s1. The van der Waals surface area contributed by atoms with Crippen molar-refractivity contribution in [2.75, 3.05) is 173 Å². The minimum absolute atomic E-state index is 0.0168. The van der Waals surface area contributed by atoms with Crippen molar-refractivity contribution in [1.82, 2.24) is 21.3 Å². The maximum atomic E-state index is 13.3. The number of nitrogens with one attached hydrogen (secondary N) is 4. The molecule has 21 nitrogen and oxygen atoms in total. The Morgan fingerprint density at radius 1 is 0.400 bits per heavy atom. The summed E-state index contributed by atoms with van der Waals surface area (Å²) < 4.78 is 64.1. The van der Waals surface area contributed by atoms with Crippen LogP contribution in [0.4, 0.5) is 0 Å². The topological polar surface area (TPSA) is 244 Å². The second kappa shape index (κ2) is 49.1. The summed E-state index contributed by atoms with van der Waals surface area (Å²) in [6, 6.07) is 17.4.